The molecule has 0 spiro atoms. The van der Waals surface area contributed by atoms with Gasteiger partial charge < -0.3 is 10.6 Å². The molecule has 2 amide bonds. The lowest BCUT2D eigenvalue weighted by molar-refractivity contribution is 0.238. The number of benzene rings is 2. The largest absolute Gasteiger partial charge is 0.338 e. The Morgan fingerprint density at radius 2 is 1.68 bits per heavy atom. The number of halogens is 1. The van der Waals surface area contributed by atoms with Crippen LogP contribution in [0.25, 0.3) is 0 Å². The van der Waals surface area contributed by atoms with Crippen LogP contribution in [0.1, 0.15) is 24.1 Å². The Bertz CT molecular complexity index is 818. The topological polar surface area (TPSA) is 75.3 Å². The number of nitrogens with one attached hydrogen (secondary N) is 2. The monoisotopic (exact) mass is 380 g/mol. The lowest BCUT2D eigenvalue weighted by Crippen LogP contribution is -2.38. The van der Waals surface area contributed by atoms with Crippen LogP contribution in [0, 0.1) is 0 Å². The highest BCUT2D eigenvalue weighted by Gasteiger charge is 2.11. The number of hydrogen-bond acceptors (Lipinski definition) is 3. The van der Waals surface area contributed by atoms with Crippen LogP contribution in [0.2, 0.25) is 5.02 Å². The standard InChI is InChI=1S/C18H21ClN2O3S/c1-13(15-5-9-17(10-6-15)25(2,23)24)21-18(22)20-12-11-14-3-7-16(19)8-4-14/h3-10,13H,11-12H2,1-2H3,(H2,20,21,22). The van der Waals surface area contributed by atoms with E-state index in [1.165, 1.54) is 0 Å². The van der Waals surface area contributed by atoms with E-state index in [1.807, 2.05) is 31.2 Å². The lowest BCUT2D eigenvalue weighted by atomic mass is 10.1. The number of rotatable bonds is 6. The molecule has 0 aromatic heterocycles. The first kappa shape index (κ1) is 19.3. The summed E-state index contributed by atoms with van der Waals surface area (Å²) in [4.78, 5) is 12.2. The summed E-state index contributed by atoms with van der Waals surface area (Å²) in [6, 6.07) is 13.5. The Kier molecular flexibility index (Phi) is 6.45. The van der Waals surface area contributed by atoms with Crippen LogP contribution >= 0.6 is 11.6 Å². The second-order valence-corrected chi connectivity index (χ2v) is 8.29. The van der Waals surface area contributed by atoms with Gasteiger partial charge in [0.25, 0.3) is 0 Å². The van der Waals surface area contributed by atoms with Gasteiger partial charge >= 0.3 is 6.03 Å². The van der Waals surface area contributed by atoms with Gasteiger partial charge in [0.15, 0.2) is 9.84 Å². The smallest absolute Gasteiger partial charge is 0.315 e. The van der Waals surface area contributed by atoms with Crippen molar-refractivity contribution in [2.24, 2.45) is 0 Å². The van der Waals surface area contributed by atoms with Crippen molar-refractivity contribution in [2.45, 2.75) is 24.3 Å². The van der Waals surface area contributed by atoms with Crippen molar-refractivity contribution in [3.8, 4) is 0 Å². The molecule has 1 atom stereocenters. The molecule has 134 valence electrons. The van der Waals surface area contributed by atoms with Crippen LogP contribution in [0.4, 0.5) is 4.79 Å². The van der Waals surface area contributed by atoms with E-state index in [9.17, 15) is 13.2 Å². The minimum atomic E-state index is -3.22. The van der Waals surface area contributed by atoms with Crippen molar-refractivity contribution in [1.82, 2.24) is 10.6 Å². The minimum Gasteiger partial charge on any atom is -0.338 e. The summed E-state index contributed by atoms with van der Waals surface area (Å²) >= 11 is 5.83. The zero-order valence-electron chi connectivity index (χ0n) is 14.1. The first-order chi connectivity index (χ1) is 11.8. The van der Waals surface area contributed by atoms with E-state index in [2.05, 4.69) is 10.6 Å². The average molecular weight is 381 g/mol. The Morgan fingerprint density at radius 1 is 1.08 bits per heavy atom. The molecule has 0 radical (unpaired) electrons. The summed E-state index contributed by atoms with van der Waals surface area (Å²) in [5, 5.41) is 6.32. The minimum absolute atomic E-state index is 0.232. The molecule has 7 heteroatoms. The number of carbonyl (C=O) groups is 1. The first-order valence-corrected chi connectivity index (χ1v) is 10.1. The van der Waals surface area contributed by atoms with Crippen molar-refractivity contribution in [2.75, 3.05) is 12.8 Å². The predicted molar refractivity (Wildman–Crippen MR) is 99.7 cm³/mol. The molecule has 0 saturated heterocycles. The second kappa shape index (κ2) is 8.36. The summed E-state index contributed by atoms with van der Waals surface area (Å²) in [6.07, 6.45) is 1.87. The molecule has 0 aliphatic rings. The third-order valence-electron chi connectivity index (χ3n) is 3.77. The SMILES string of the molecule is CC(NC(=O)NCCc1ccc(Cl)cc1)c1ccc(S(C)(=O)=O)cc1. The Labute approximate surface area is 153 Å². The summed E-state index contributed by atoms with van der Waals surface area (Å²) in [6.45, 7) is 2.35. The van der Waals surface area contributed by atoms with Gasteiger partial charge in [0.1, 0.15) is 0 Å². The van der Waals surface area contributed by atoms with Gasteiger partial charge in [0.05, 0.1) is 10.9 Å². The third kappa shape index (κ3) is 6.07. The van der Waals surface area contributed by atoms with Crippen LogP contribution in [-0.2, 0) is 16.3 Å². The van der Waals surface area contributed by atoms with E-state index in [4.69, 9.17) is 11.6 Å². The van der Waals surface area contributed by atoms with Crippen LogP contribution in [-0.4, -0.2) is 27.2 Å². The summed E-state index contributed by atoms with van der Waals surface area (Å²) in [7, 11) is -3.22. The molecule has 0 fully saturated rings. The second-order valence-electron chi connectivity index (χ2n) is 5.84. The first-order valence-electron chi connectivity index (χ1n) is 7.84. The van der Waals surface area contributed by atoms with Crippen LogP contribution in [0.15, 0.2) is 53.4 Å². The van der Waals surface area contributed by atoms with E-state index in [0.29, 0.717) is 18.0 Å². The van der Waals surface area contributed by atoms with Gasteiger partial charge in [-0.3, -0.25) is 0 Å². The molecule has 2 rings (SSSR count). The maximum atomic E-state index is 12.0. The summed E-state index contributed by atoms with van der Waals surface area (Å²) in [5.74, 6) is 0. The van der Waals surface area contributed by atoms with E-state index >= 15 is 0 Å². The number of amides is 2. The van der Waals surface area contributed by atoms with Crippen molar-refractivity contribution >= 4 is 27.5 Å². The zero-order valence-corrected chi connectivity index (χ0v) is 15.7. The van der Waals surface area contributed by atoms with Gasteiger partial charge in [-0.25, -0.2) is 13.2 Å². The fourth-order valence-electron chi connectivity index (χ4n) is 2.31. The molecule has 25 heavy (non-hydrogen) atoms. The predicted octanol–water partition coefficient (Wildman–Crippen LogP) is 3.35. The van der Waals surface area contributed by atoms with Crippen molar-refractivity contribution < 1.29 is 13.2 Å². The molecular formula is C18H21ClN2O3S. The Morgan fingerprint density at radius 3 is 2.24 bits per heavy atom. The number of urea groups is 1. The highest BCUT2D eigenvalue weighted by atomic mass is 35.5. The van der Waals surface area contributed by atoms with Crippen LogP contribution in [0.3, 0.4) is 0 Å². The fraction of sp³-hybridized carbons (Fsp3) is 0.278. The van der Waals surface area contributed by atoms with Crippen LogP contribution in [0.5, 0.6) is 0 Å². The highest BCUT2D eigenvalue weighted by Crippen LogP contribution is 2.16. The van der Waals surface area contributed by atoms with Gasteiger partial charge in [0.2, 0.25) is 0 Å². The maximum absolute atomic E-state index is 12.0. The number of hydrogen-bond donors (Lipinski definition) is 2. The van der Waals surface area contributed by atoms with Crippen molar-refractivity contribution in [3.05, 3.63) is 64.7 Å². The van der Waals surface area contributed by atoms with Crippen LogP contribution < -0.4 is 10.6 Å². The van der Waals surface area contributed by atoms with Gasteiger partial charge in [-0.05, 0) is 48.7 Å². The normalized spacial score (nSPS) is 12.4. The molecule has 5 nitrogen and oxygen atoms in total. The molecular weight excluding hydrogens is 360 g/mol. The third-order valence-corrected chi connectivity index (χ3v) is 5.15. The molecule has 0 aliphatic heterocycles. The lowest BCUT2D eigenvalue weighted by Gasteiger charge is -2.15. The highest BCUT2D eigenvalue weighted by molar-refractivity contribution is 7.90. The zero-order chi connectivity index (χ0) is 18.4. The molecule has 0 heterocycles. The fourth-order valence-corrected chi connectivity index (χ4v) is 3.06. The molecule has 2 N–H and O–H groups in total. The van der Waals surface area contributed by atoms with E-state index in [-0.39, 0.29) is 17.0 Å². The van der Waals surface area contributed by atoms with Gasteiger partial charge in [-0.15, -0.1) is 0 Å². The number of carbonyl (C=O) groups excluding carboxylic acids is 1. The maximum Gasteiger partial charge on any atom is 0.315 e. The summed E-state index contributed by atoms with van der Waals surface area (Å²) in [5.41, 5.74) is 1.93. The Balaban J connectivity index is 1.82. The molecule has 2 aromatic rings. The molecule has 0 bridgehead atoms. The summed E-state index contributed by atoms with van der Waals surface area (Å²) < 4.78 is 22.9. The molecule has 1 unspecified atom stereocenters. The van der Waals surface area contributed by atoms with Crippen molar-refractivity contribution in [1.29, 1.82) is 0 Å². The average Bonchev–Trinajstić information content (AvgIpc) is 2.56. The molecule has 0 saturated carbocycles. The number of sulfone groups is 1. The van der Waals surface area contributed by atoms with E-state index in [0.717, 1.165) is 17.4 Å². The van der Waals surface area contributed by atoms with Gasteiger partial charge in [-0.2, -0.15) is 0 Å². The van der Waals surface area contributed by atoms with E-state index < -0.39 is 9.84 Å². The Hall–Kier alpha value is -2.05. The van der Waals surface area contributed by atoms with Crippen molar-refractivity contribution in [3.63, 3.8) is 0 Å². The molecule has 2 aromatic carbocycles. The van der Waals surface area contributed by atoms with Gasteiger partial charge in [0, 0.05) is 17.8 Å². The molecule has 0 aliphatic carbocycles. The van der Waals surface area contributed by atoms with E-state index in [1.54, 1.807) is 24.3 Å². The quantitative estimate of drug-likeness (QED) is 0.806. The van der Waals surface area contributed by atoms with Gasteiger partial charge in [-0.1, -0.05) is 35.9 Å².